The molecule has 0 unspecified atom stereocenters. The highest BCUT2D eigenvalue weighted by atomic mass is 19.3. The van der Waals surface area contributed by atoms with E-state index in [0.29, 0.717) is 11.5 Å². The Labute approximate surface area is 156 Å². The summed E-state index contributed by atoms with van der Waals surface area (Å²) in [6, 6.07) is 7.71. The highest BCUT2D eigenvalue weighted by Gasteiger charge is 2.41. The fourth-order valence-corrected chi connectivity index (χ4v) is 2.15. The molecule has 3 rings (SSSR count). The second kappa shape index (κ2) is 8.15. The molecule has 1 aliphatic heterocycles. The van der Waals surface area contributed by atoms with E-state index in [0.717, 1.165) is 11.8 Å². The third kappa shape index (κ3) is 4.90. The third-order valence-corrected chi connectivity index (χ3v) is 3.56. The summed E-state index contributed by atoms with van der Waals surface area (Å²) in [5, 5.41) is 2.51. The largest absolute Gasteiger partial charge is 0.471 e. The molecular weight excluding hydrogens is 384 g/mol. The molecule has 0 atom stereocenters. The number of amides is 1. The van der Waals surface area contributed by atoms with Gasteiger partial charge in [0.25, 0.3) is 0 Å². The van der Waals surface area contributed by atoms with E-state index in [1.54, 1.807) is 24.3 Å². The van der Waals surface area contributed by atoms with Crippen molar-refractivity contribution in [3.8, 4) is 17.4 Å². The van der Waals surface area contributed by atoms with Gasteiger partial charge in [-0.2, -0.15) is 8.78 Å². The van der Waals surface area contributed by atoms with Gasteiger partial charge >= 0.3 is 12.3 Å². The monoisotopic (exact) mass is 398 g/mol. The molecule has 0 fully saturated rings. The first-order valence-corrected chi connectivity index (χ1v) is 7.97. The Morgan fingerprint density at radius 2 is 2.04 bits per heavy atom. The van der Waals surface area contributed by atoms with Crippen molar-refractivity contribution in [2.45, 2.75) is 12.3 Å². The van der Waals surface area contributed by atoms with Gasteiger partial charge in [0, 0.05) is 12.1 Å². The molecular formula is C18H14F4N2O4. The minimum absolute atomic E-state index is 0.148. The molecule has 0 bridgehead atoms. The number of aromatic nitrogens is 1. The summed E-state index contributed by atoms with van der Waals surface area (Å²) in [4.78, 5) is 15.6. The molecule has 0 radical (unpaired) electrons. The van der Waals surface area contributed by atoms with Crippen LogP contribution >= 0.6 is 0 Å². The van der Waals surface area contributed by atoms with Crippen LogP contribution in [-0.4, -0.2) is 36.6 Å². The molecule has 0 saturated heterocycles. The molecule has 1 aliphatic rings. The Balaban J connectivity index is 1.53. The number of halogens is 4. The molecule has 1 N–H and O–H groups in total. The minimum Gasteiger partial charge on any atom is -0.471 e. The quantitative estimate of drug-likeness (QED) is 0.569. The number of hydrogen-bond donors (Lipinski definition) is 1. The zero-order valence-corrected chi connectivity index (χ0v) is 14.2. The average Bonchev–Trinajstić information content (AvgIpc) is 3.13. The van der Waals surface area contributed by atoms with Crippen LogP contribution < -0.4 is 19.5 Å². The summed E-state index contributed by atoms with van der Waals surface area (Å²) in [5.74, 6) is -3.79. The number of nitrogens with one attached hydrogen (secondary N) is 1. The van der Waals surface area contributed by atoms with Crippen LogP contribution in [0.1, 0.15) is 5.56 Å². The number of hydrogen-bond acceptors (Lipinski definition) is 5. The van der Waals surface area contributed by atoms with E-state index < -0.39 is 24.9 Å². The Kier molecular flexibility index (Phi) is 5.67. The van der Waals surface area contributed by atoms with Crippen LogP contribution in [0.25, 0.3) is 6.08 Å². The second-order valence-corrected chi connectivity index (χ2v) is 5.67. The summed E-state index contributed by atoms with van der Waals surface area (Å²) >= 11 is 0. The van der Waals surface area contributed by atoms with Gasteiger partial charge in [0.15, 0.2) is 18.1 Å². The number of fused-ring (bicyclic) bond motifs is 1. The van der Waals surface area contributed by atoms with Gasteiger partial charge in [-0.1, -0.05) is 6.07 Å². The molecule has 0 spiro atoms. The summed E-state index contributed by atoms with van der Waals surface area (Å²) in [7, 11) is 0. The first-order valence-electron chi connectivity index (χ1n) is 7.97. The predicted octanol–water partition coefficient (Wildman–Crippen LogP) is 3.74. The maximum Gasteiger partial charge on any atom is 0.340 e. The number of carbonyl (C=O) groups is 1. The van der Waals surface area contributed by atoms with Crippen molar-refractivity contribution in [2.24, 2.45) is 0 Å². The van der Waals surface area contributed by atoms with E-state index in [9.17, 15) is 22.4 Å². The Morgan fingerprint density at radius 3 is 2.75 bits per heavy atom. The highest BCUT2D eigenvalue weighted by molar-refractivity contribution is 6.01. The molecule has 0 saturated carbocycles. The molecule has 148 valence electrons. The van der Waals surface area contributed by atoms with Gasteiger partial charge in [-0.3, -0.25) is 4.79 Å². The molecule has 28 heavy (non-hydrogen) atoms. The van der Waals surface area contributed by atoms with E-state index in [4.69, 9.17) is 9.47 Å². The van der Waals surface area contributed by atoms with Crippen LogP contribution in [0.5, 0.6) is 17.4 Å². The molecule has 10 heteroatoms. The van der Waals surface area contributed by atoms with Crippen molar-refractivity contribution >= 4 is 17.7 Å². The number of pyridine rings is 1. The molecule has 0 aliphatic carbocycles. The summed E-state index contributed by atoms with van der Waals surface area (Å²) in [5.41, 5.74) is 0.995. The van der Waals surface area contributed by atoms with Crippen molar-refractivity contribution in [3.05, 3.63) is 48.2 Å². The van der Waals surface area contributed by atoms with Crippen LogP contribution in [0.2, 0.25) is 0 Å². The van der Waals surface area contributed by atoms with Crippen LogP contribution in [0.3, 0.4) is 0 Å². The van der Waals surface area contributed by atoms with Crippen LogP contribution in [-0.2, 0) is 4.79 Å². The molecule has 1 amide bonds. The smallest absolute Gasteiger partial charge is 0.340 e. The first-order chi connectivity index (χ1) is 13.3. The second-order valence-electron chi connectivity index (χ2n) is 5.67. The van der Waals surface area contributed by atoms with Crippen LogP contribution in [0.4, 0.5) is 23.2 Å². The number of benzene rings is 1. The van der Waals surface area contributed by atoms with Crippen molar-refractivity contribution in [2.75, 3.05) is 18.7 Å². The maximum atomic E-state index is 12.8. The van der Waals surface area contributed by atoms with Crippen molar-refractivity contribution in [1.82, 2.24) is 4.98 Å². The number of carbonyl (C=O) groups excluding carboxylic acids is 1. The number of alkyl halides is 4. The van der Waals surface area contributed by atoms with Crippen molar-refractivity contribution in [3.63, 3.8) is 0 Å². The lowest BCUT2D eigenvalue weighted by Gasteiger charge is -2.15. The van der Waals surface area contributed by atoms with Gasteiger partial charge in [-0.15, -0.1) is 0 Å². The van der Waals surface area contributed by atoms with E-state index in [1.165, 1.54) is 18.2 Å². The minimum atomic E-state index is -4.27. The Hall–Kier alpha value is -3.30. The SMILES string of the molecule is O=C(/C=C/c1ccc2c(c1)OCO2)Nc1ccc(OCC(F)(F)C(F)F)nc1. The zero-order valence-electron chi connectivity index (χ0n) is 14.2. The summed E-state index contributed by atoms with van der Waals surface area (Å²) < 4.78 is 64.7. The molecule has 6 nitrogen and oxygen atoms in total. The maximum absolute atomic E-state index is 12.8. The van der Waals surface area contributed by atoms with Gasteiger partial charge in [0.05, 0.1) is 11.9 Å². The number of nitrogens with zero attached hydrogens (tertiary/aromatic N) is 1. The molecule has 1 aromatic carbocycles. The topological polar surface area (TPSA) is 69.7 Å². The standard InChI is InChI=1S/C18H14F4N2O4/c19-17(20)18(21,22)9-26-16-6-3-12(8-23-16)24-15(25)5-2-11-1-4-13-14(7-11)28-10-27-13/h1-8,17H,9-10H2,(H,24,25)/b5-2+. The van der Waals surface area contributed by atoms with Gasteiger partial charge in [-0.25, -0.2) is 13.8 Å². The molecule has 2 aromatic rings. The number of rotatable bonds is 7. The predicted molar refractivity (Wildman–Crippen MR) is 90.9 cm³/mol. The van der Waals surface area contributed by atoms with Crippen molar-refractivity contribution in [1.29, 1.82) is 0 Å². The van der Waals surface area contributed by atoms with Gasteiger partial charge in [-0.05, 0) is 29.8 Å². The molecule has 2 heterocycles. The van der Waals surface area contributed by atoms with Crippen molar-refractivity contribution < 1.29 is 36.6 Å². The van der Waals surface area contributed by atoms with Gasteiger partial charge in [0.2, 0.25) is 18.6 Å². The summed E-state index contributed by atoms with van der Waals surface area (Å²) in [6.07, 6.45) is 0.171. The average molecular weight is 398 g/mol. The lowest BCUT2D eigenvalue weighted by Crippen LogP contribution is -2.33. The van der Waals surface area contributed by atoms with E-state index >= 15 is 0 Å². The van der Waals surface area contributed by atoms with Gasteiger partial charge < -0.3 is 19.5 Å². The Bertz CT molecular complexity index is 872. The highest BCUT2D eigenvalue weighted by Crippen LogP contribution is 2.32. The Morgan fingerprint density at radius 1 is 1.25 bits per heavy atom. The van der Waals surface area contributed by atoms with Gasteiger partial charge in [0.1, 0.15) is 0 Å². The number of anilines is 1. The van der Waals surface area contributed by atoms with E-state index in [2.05, 4.69) is 15.0 Å². The lowest BCUT2D eigenvalue weighted by atomic mass is 10.2. The number of ether oxygens (including phenoxy) is 3. The van der Waals surface area contributed by atoms with Crippen LogP contribution in [0, 0.1) is 0 Å². The lowest BCUT2D eigenvalue weighted by molar-refractivity contribution is -0.148. The fraction of sp³-hybridized carbons (Fsp3) is 0.222. The first kappa shape index (κ1) is 19.5. The summed E-state index contributed by atoms with van der Waals surface area (Å²) in [6.45, 7) is -1.35. The fourth-order valence-electron chi connectivity index (χ4n) is 2.15. The molecule has 1 aromatic heterocycles. The van der Waals surface area contributed by atoms with E-state index in [1.807, 2.05) is 0 Å². The van der Waals surface area contributed by atoms with Crippen LogP contribution in [0.15, 0.2) is 42.6 Å². The third-order valence-electron chi connectivity index (χ3n) is 3.56. The zero-order chi connectivity index (χ0) is 20.1. The van der Waals surface area contributed by atoms with E-state index in [-0.39, 0.29) is 18.4 Å². The normalized spacial score (nSPS) is 13.2.